The summed E-state index contributed by atoms with van der Waals surface area (Å²) in [6, 6.07) is 0. The third kappa shape index (κ3) is 3.72. The maximum atomic E-state index is 9.50. The van der Waals surface area contributed by atoms with Crippen LogP contribution in [0.1, 0.15) is 5.56 Å². The molecule has 1 aromatic heterocycles. The molecule has 0 saturated carbocycles. The van der Waals surface area contributed by atoms with Gasteiger partial charge in [-0.2, -0.15) is 5.10 Å². The molecule has 0 aliphatic heterocycles. The second-order valence-electron chi connectivity index (χ2n) is 2.00. The van der Waals surface area contributed by atoms with E-state index in [-0.39, 0.29) is 6.61 Å². The van der Waals surface area contributed by atoms with Crippen molar-refractivity contribution in [2.45, 2.75) is 13.5 Å². The fraction of sp³-hybridized carbons (Fsp3) is 0.571. The average molecular weight is 160 g/mol. The largest absolute Gasteiger partial charge is 0.394 e. The van der Waals surface area contributed by atoms with Gasteiger partial charge in [-0.3, -0.25) is 9.07 Å². The summed E-state index contributed by atoms with van der Waals surface area (Å²) >= 11 is 0. The second-order valence-corrected chi connectivity index (χ2v) is 2.00. The minimum Gasteiger partial charge on any atom is -0.394 e. The van der Waals surface area contributed by atoms with Crippen molar-refractivity contribution in [1.29, 1.82) is 0 Å². The molecule has 0 radical (unpaired) electrons. The molecule has 1 rings (SSSR count). The number of hydrogen-bond donors (Lipinski definition) is 1. The van der Waals surface area contributed by atoms with E-state index in [0.717, 1.165) is 5.56 Å². The van der Waals surface area contributed by atoms with Gasteiger partial charge in [0.15, 0.2) is 0 Å². The van der Waals surface area contributed by atoms with E-state index in [4.69, 9.17) is 5.11 Å². The zero-order valence-corrected chi connectivity index (χ0v) is 6.79. The highest BCUT2D eigenvalue weighted by molar-refractivity contribution is 4.99. The third-order valence-corrected chi connectivity index (χ3v) is 1.09. The van der Waals surface area contributed by atoms with Crippen molar-refractivity contribution in [3.8, 4) is 0 Å². The number of aliphatic hydroxyl groups is 1. The number of halogens is 1. The van der Waals surface area contributed by atoms with Gasteiger partial charge in [0.25, 0.3) is 0 Å². The van der Waals surface area contributed by atoms with Crippen molar-refractivity contribution in [3.63, 3.8) is 0 Å². The van der Waals surface area contributed by atoms with Gasteiger partial charge in [-0.25, -0.2) is 0 Å². The molecule has 0 fully saturated rings. The van der Waals surface area contributed by atoms with E-state index in [2.05, 4.69) is 5.10 Å². The predicted octanol–water partition coefficient (Wildman–Crippen LogP) is 0.770. The summed E-state index contributed by atoms with van der Waals surface area (Å²) in [5, 5.41) is 12.4. The van der Waals surface area contributed by atoms with Gasteiger partial charge in [-0.15, -0.1) is 0 Å². The molecule has 0 unspecified atom stereocenters. The molecule has 64 valence electrons. The lowest BCUT2D eigenvalue weighted by molar-refractivity contribution is 0.269. The maximum Gasteiger partial charge on any atom is 0.0785 e. The van der Waals surface area contributed by atoms with Crippen LogP contribution in [0, 0.1) is 6.92 Å². The van der Waals surface area contributed by atoms with Crippen LogP contribution in [0.5, 0.6) is 0 Å². The van der Waals surface area contributed by atoms with Crippen LogP contribution in [0.3, 0.4) is 0 Å². The lowest BCUT2D eigenvalue weighted by atomic mass is 10.4. The van der Waals surface area contributed by atoms with Crippen LogP contribution in [0.25, 0.3) is 0 Å². The molecule has 0 aromatic carbocycles. The van der Waals surface area contributed by atoms with Crippen LogP contribution >= 0.6 is 0 Å². The van der Waals surface area contributed by atoms with Crippen molar-refractivity contribution in [1.82, 2.24) is 9.78 Å². The van der Waals surface area contributed by atoms with Crippen molar-refractivity contribution < 1.29 is 9.50 Å². The molecule has 1 heterocycles. The van der Waals surface area contributed by atoms with Crippen molar-refractivity contribution >= 4 is 0 Å². The molecule has 0 bridgehead atoms. The first-order valence-corrected chi connectivity index (χ1v) is 3.30. The monoisotopic (exact) mass is 160 g/mol. The highest BCUT2D eigenvalue weighted by atomic mass is 19.1. The van der Waals surface area contributed by atoms with Gasteiger partial charge in [0.2, 0.25) is 0 Å². The molecule has 11 heavy (non-hydrogen) atoms. The summed E-state index contributed by atoms with van der Waals surface area (Å²) in [6.07, 6.45) is 3.67. The number of aromatic nitrogens is 2. The minimum absolute atomic E-state index is 0.154. The topological polar surface area (TPSA) is 38.0 Å². The highest BCUT2D eigenvalue weighted by Gasteiger charge is 1.89. The molecule has 0 aliphatic carbocycles. The summed E-state index contributed by atoms with van der Waals surface area (Å²) in [7, 11) is 0.500. The standard InChI is InChI=1S/C6H10N2O.CH3F/c1-6-4-7-8(5-6)2-3-9;1-2/h4-5,9H,2-3H2,1H3;1H3. The molecule has 0 spiro atoms. The Morgan fingerprint density at radius 1 is 1.64 bits per heavy atom. The second kappa shape index (κ2) is 5.85. The molecule has 1 N–H and O–H groups in total. The first-order valence-electron chi connectivity index (χ1n) is 3.30. The molecule has 3 nitrogen and oxygen atoms in total. The Morgan fingerprint density at radius 3 is 2.64 bits per heavy atom. The quantitative estimate of drug-likeness (QED) is 0.694. The molecular formula is C7H13FN2O. The number of aliphatic hydroxyl groups excluding tert-OH is 1. The van der Waals surface area contributed by atoms with Crippen LogP contribution < -0.4 is 0 Å². The van der Waals surface area contributed by atoms with Crippen molar-refractivity contribution in [2.75, 3.05) is 13.8 Å². The molecule has 1 aromatic rings. The Labute approximate surface area is 65.5 Å². The van der Waals surface area contributed by atoms with Gasteiger partial charge in [-0.05, 0) is 12.5 Å². The Morgan fingerprint density at radius 2 is 2.27 bits per heavy atom. The van der Waals surface area contributed by atoms with E-state index in [9.17, 15) is 4.39 Å². The van der Waals surface area contributed by atoms with Gasteiger partial charge in [0, 0.05) is 6.20 Å². The van der Waals surface area contributed by atoms with Gasteiger partial charge < -0.3 is 5.11 Å². The molecule has 0 saturated heterocycles. The number of aryl methyl sites for hydroxylation is 1. The molecular weight excluding hydrogens is 147 g/mol. The van der Waals surface area contributed by atoms with Gasteiger partial charge >= 0.3 is 0 Å². The zero-order chi connectivity index (χ0) is 8.69. The van der Waals surface area contributed by atoms with E-state index in [1.165, 1.54) is 0 Å². The van der Waals surface area contributed by atoms with Crippen LogP contribution in [0.2, 0.25) is 0 Å². The Bertz CT molecular complexity index is 188. The van der Waals surface area contributed by atoms with Gasteiger partial charge in [0.1, 0.15) is 0 Å². The van der Waals surface area contributed by atoms with Crippen molar-refractivity contribution in [2.24, 2.45) is 0 Å². The fourth-order valence-corrected chi connectivity index (χ4v) is 0.692. The van der Waals surface area contributed by atoms with E-state index in [0.29, 0.717) is 13.7 Å². The zero-order valence-electron chi connectivity index (χ0n) is 6.79. The summed E-state index contributed by atoms with van der Waals surface area (Å²) < 4.78 is 11.2. The Balaban J connectivity index is 0.000000461. The summed E-state index contributed by atoms with van der Waals surface area (Å²) in [5.41, 5.74) is 1.13. The van der Waals surface area contributed by atoms with Crippen LogP contribution in [0.15, 0.2) is 12.4 Å². The lowest BCUT2D eigenvalue weighted by Crippen LogP contribution is -2.01. The predicted molar refractivity (Wildman–Crippen MR) is 41.1 cm³/mol. The van der Waals surface area contributed by atoms with Crippen LogP contribution in [-0.2, 0) is 6.54 Å². The van der Waals surface area contributed by atoms with E-state index < -0.39 is 0 Å². The SMILES string of the molecule is CF.Cc1cnn(CCO)c1. The first-order chi connectivity index (χ1) is 5.33. The summed E-state index contributed by atoms with van der Waals surface area (Å²) in [6.45, 7) is 2.72. The molecule has 4 heteroatoms. The third-order valence-electron chi connectivity index (χ3n) is 1.09. The number of rotatable bonds is 2. The summed E-state index contributed by atoms with van der Waals surface area (Å²) in [5.74, 6) is 0. The minimum atomic E-state index is 0.154. The molecule has 0 aliphatic rings. The number of hydrogen-bond acceptors (Lipinski definition) is 2. The van der Waals surface area contributed by atoms with Crippen LogP contribution in [0.4, 0.5) is 4.39 Å². The fourth-order valence-electron chi connectivity index (χ4n) is 0.692. The normalized spacial score (nSPS) is 8.73. The van der Waals surface area contributed by atoms with Gasteiger partial charge in [0.05, 0.1) is 26.5 Å². The first kappa shape index (κ1) is 10.1. The van der Waals surface area contributed by atoms with Crippen LogP contribution in [-0.4, -0.2) is 28.7 Å². The average Bonchev–Trinajstić information content (AvgIpc) is 2.41. The van der Waals surface area contributed by atoms with Crippen molar-refractivity contribution in [3.05, 3.63) is 18.0 Å². The Hall–Kier alpha value is -0.900. The maximum absolute atomic E-state index is 9.50. The lowest BCUT2D eigenvalue weighted by Gasteiger charge is -1.92. The molecule has 0 amide bonds. The highest BCUT2D eigenvalue weighted by Crippen LogP contribution is 1.92. The summed E-state index contributed by atoms with van der Waals surface area (Å²) in [4.78, 5) is 0. The van der Waals surface area contributed by atoms with E-state index >= 15 is 0 Å². The van der Waals surface area contributed by atoms with E-state index in [1.807, 2.05) is 13.1 Å². The Kier molecular flexibility index (Phi) is 5.37. The van der Waals surface area contributed by atoms with Gasteiger partial charge in [-0.1, -0.05) is 0 Å². The number of nitrogens with zero attached hydrogens (tertiary/aromatic N) is 2. The smallest absolute Gasteiger partial charge is 0.0785 e. The van der Waals surface area contributed by atoms with E-state index in [1.54, 1.807) is 10.9 Å². The number of alkyl halides is 1. The molecule has 0 atom stereocenters.